The molecule has 3 rings (SSSR count). The number of carbonyl (C=O) groups excluding carboxylic acids is 1. The predicted octanol–water partition coefficient (Wildman–Crippen LogP) is 0.794. The third-order valence-electron chi connectivity index (χ3n) is 3.46. The summed E-state index contributed by atoms with van der Waals surface area (Å²) in [7, 11) is 0. The minimum Gasteiger partial charge on any atom is -0.347 e. The van der Waals surface area contributed by atoms with E-state index < -0.39 is 0 Å². The van der Waals surface area contributed by atoms with Gasteiger partial charge in [0.1, 0.15) is 0 Å². The Morgan fingerprint density at radius 2 is 2.20 bits per heavy atom. The van der Waals surface area contributed by atoms with Gasteiger partial charge in [-0.2, -0.15) is 0 Å². The van der Waals surface area contributed by atoms with Gasteiger partial charge in [-0.25, -0.2) is 0 Å². The molecule has 2 atom stereocenters. The highest BCUT2D eigenvalue weighted by Gasteiger charge is 2.37. The number of carbonyl (C=O) groups is 1. The van der Waals surface area contributed by atoms with Crippen LogP contribution in [0.1, 0.15) is 27.4 Å². The lowest BCUT2D eigenvalue weighted by Gasteiger charge is -2.29. The molecule has 0 radical (unpaired) electrons. The lowest BCUT2D eigenvalue weighted by atomic mass is 9.84. The van der Waals surface area contributed by atoms with Crippen LogP contribution in [0.3, 0.4) is 0 Å². The SMILES string of the molecule is Cc1cccc2c1C(=O)N[C@@H]1CNC[C@@H]21. The van der Waals surface area contributed by atoms with Crippen molar-refractivity contribution < 1.29 is 4.79 Å². The molecule has 2 aliphatic rings. The lowest BCUT2D eigenvalue weighted by Crippen LogP contribution is -2.44. The van der Waals surface area contributed by atoms with E-state index in [9.17, 15) is 4.79 Å². The van der Waals surface area contributed by atoms with Crippen LogP contribution >= 0.6 is 0 Å². The van der Waals surface area contributed by atoms with Crippen molar-refractivity contribution in [3.63, 3.8) is 0 Å². The molecule has 78 valence electrons. The molecule has 0 aliphatic carbocycles. The zero-order valence-electron chi connectivity index (χ0n) is 8.71. The summed E-state index contributed by atoms with van der Waals surface area (Å²) in [5.74, 6) is 0.547. The van der Waals surface area contributed by atoms with Gasteiger partial charge in [0.05, 0.1) is 0 Å². The molecule has 0 spiro atoms. The van der Waals surface area contributed by atoms with E-state index in [0.29, 0.717) is 5.92 Å². The third kappa shape index (κ3) is 1.20. The summed E-state index contributed by atoms with van der Waals surface area (Å²) in [4.78, 5) is 11.9. The molecule has 0 saturated carbocycles. The first-order chi connectivity index (χ1) is 7.27. The highest BCUT2D eigenvalue weighted by Crippen LogP contribution is 2.31. The number of hydrogen-bond donors (Lipinski definition) is 2. The van der Waals surface area contributed by atoms with E-state index in [2.05, 4.69) is 16.7 Å². The normalized spacial score (nSPS) is 28.2. The molecule has 0 aromatic heterocycles. The molecule has 2 aliphatic heterocycles. The molecule has 1 fully saturated rings. The van der Waals surface area contributed by atoms with Crippen LogP contribution in [0.4, 0.5) is 0 Å². The first-order valence-electron chi connectivity index (χ1n) is 5.38. The number of fused-ring (bicyclic) bond motifs is 3. The quantitative estimate of drug-likeness (QED) is 0.653. The van der Waals surface area contributed by atoms with Gasteiger partial charge in [-0.1, -0.05) is 18.2 Å². The van der Waals surface area contributed by atoms with Crippen molar-refractivity contribution in [2.24, 2.45) is 0 Å². The Bertz CT molecular complexity index is 428. The molecule has 3 nitrogen and oxygen atoms in total. The molecular weight excluding hydrogens is 188 g/mol. The van der Waals surface area contributed by atoms with Crippen molar-refractivity contribution in [1.82, 2.24) is 10.6 Å². The monoisotopic (exact) mass is 202 g/mol. The molecule has 0 unspecified atom stereocenters. The van der Waals surface area contributed by atoms with Gasteiger partial charge in [0.25, 0.3) is 5.91 Å². The van der Waals surface area contributed by atoms with Gasteiger partial charge in [-0.05, 0) is 18.1 Å². The van der Waals surface area contributed by atoms with Crippen molar-refractivity contribution in [1.29, 1.82) is 0 Å². The van der Waals surface area contributed by atoms with Crippen molar-refractivity contribution in [2.45, 2.75) is 18.9 Å². The molecule has 0 bridgehead atoms. The second-order valence-corrected chi connectivity index (χ2v) is 4.38. The predicted molar refractivity (Wildman–Crippen MR) is 58.0 cm³/mol. The number of rotatable bonds is 0. The number of benzene rings is 1. The van der Waals surface area contributed by atoms with Crippen molar-refractivity contribution in [2.75, 3.05) is 13.1 Å². The van der Waals surface area contributed by atoms with Gasteiger partial charge in [0.2, 0.25) is 0 Å². The second-order valence-electron chi connectivity index (χ2n) is 4.38. The van der Waals surface area contributed by atoms with E-state index >= 15 is 0 Å². The smallest absolute Gasteiger partial charge is 0.252 e. The molecule has 1 saturated heterocycles. The van der Waals surface area contributed by atoms with Crippen molar-refractivity contribution in [3.05, 3.63) is 34.9 Å². The van der Waals surface area contributed by atoms with Crippen LogP contribution < -0.4 is 10.6 Å². The largest absolute Gasteiger partial charge is 0.347 e. The fourth-order valence-corrected chi connectivity index (χ4v) is 2.71. The van der Waals surface area contributed by atoms with Gasteiger partial charge in [-0.15, -0.1) is 0 Å². The second kappa shape index (κ2) is 3.07. The highest BCUT2D eigenvalue weighted by atomic mass is 16.1. The van der Waals surface area contributed by atoms with Crippen LogP contribution in [0, 0.1) is 6.92 Å². The third-order valence-corrected chi connectivity index (χ3v) is 3.46. The summed E-state index contributed by atoms with van der Waals surface area (Å²) < 4.78 is 0. The van der Waals surface area contributed by atoms with Crippen LogP contribution in [-0.2, 0) is 0 Å². The van der Waals surface area contributed by atoms with Gasteiger partial charge in [0, 0.05) is 30.6 Å². The van der Waals surface area contributed by atoms with Crippen LogP contribution in [0.5, 0.6) is 0 Å². The maximum atomic E-state index is 11.9. The van der Waals surface area contributed by atoms with Crippen LogP contribution in [0.25, 0.3) is 0 Å². The first-order valence-corrected chi connectivity index (χ1v) is 5.38. The summed E-state index contributed by atoms with van der Waals surface area (Å²) in [5, 5.41) is 6.40. The van der Waals surface area contributed by atoms with E-state index in [4.69, 9.17) is 0 Å². The van der Waals surface area contributed by atoms with Crippen LogP contribution in [0.2, 0.25) is 0 Å². The number of hydrogen-bond acceptors (Lipinski definition) is 2. The Morgan fingerprint density at radius 1 is 1.33 bits per heavy atom. The minimum absolute atomic E-state index is 0.0908. The maximum Gasteiger partial charge on any atom is 0.252 e. The summed E-state index contributed by atoms with van der Waals surface area (Å²) in [6.07, 6.45) is 0. The van der Waals surface area contributed by atoms with Gasteiger partial charge < -0.3 is 10.6 Å². The summed E-state index contributed by atoms with van der Waals surface area (Å²) in [6, 6.07) is 6.42. The van der Waals surface area contributed by atoms with Crippen LogP contribution in [0.15, 0.2) is 18.2 Å². The maximum absolute atomic E-state index is 11.9. The van der Waals surface area contributed by atoms with Crippen molar-refractivity contribution >= 4 is 5.91 Å². The topological polar surface area (TPSA) is 41.1 Å². The molecule has 2 N–H and O–H groups in total. The summed E-state index contributed by atoms with van der Waals surface area (Å²) >= 11 is 0. The van der Waals surface area contributed by atoms with Crippen LogP contribution in [-0.4, -0.2) is 25.0 Å². The Hall–Kier alpha value is -1.35. The highest BCUT2D eigenvalue weighted by molar-refractivity contribution is 5.99. The number of nitrogens with one attached hydrogen (secondary N) is 2. The molecule has 1 amide bonds. The Kier molecular flexibility index (Phi) is 1.83. The number of aryl methyl sites for hydroxylation is 1. The van der Waals surface area contributed by atoms with Gasteiger partial charge in [-0.3, -0.25) is 4.79 Å². The standard InChI is InChI=1S/C12H14N2O/c1-7-3-2-4-8-9-5-13-6-10(9)14-12(15)11(7)8/h2-4,9-10,13H,5-6H2,1H3,(H,14,15)/t9-,10+/m0/s1. The molecule has 2 heterocycles. The van der Waals surface area contributed by atoms with E-state index in [1.807, 2.05) is 19.1 Å². The minimum atomic E-state index is 0.0908. The number of amides is 1. The average molecular weight is 202 g/mol. The average Bonchev–Trinajstić information content (AvgIpc) is 2.65. The van der Waals surface area contributed by atoms with Gasteiger partial charge >= 0.3 is 0 Å². The fraction of sp³-hybridized carbons (Fsp3) is 0.417. The van der Waals surface area contributed by atoms with E-state index in [1.165, 1.54) is 5.56 Å². The van der Waals surface area contributed by atoms with E-state index in [-0.39, 0.29) is 11.9 Å². The zero-order valence-corrected chi connectivity index (χ0v) is 8.71. The first kappa shape index (κ1) is 8.92. The van der Waals surface area contributed by atoms with Gasteiger partial charge in [0.15, 0.2) is 0 Å². The van der Waals surface area contributed by atoms with E-state index in [0.717, 1.165) is 24.2 Å². The zero-order chi connectivity index (χ0) is 10.4. The lowest BCUT2D eigenvalue weighted by molar-refractivity contribution is 0.0923. The molecule has 3 heteroatoms. The molecular formula is C12H14N2O. The summed E-state index contributed by atoms with van der Waals surface area (Å²) in [6.45, 7) is 3.87. The van der Waals surface area contributed by atoms with E-state index in [1.54, 1.807) is 0 Å². The molecule has 15 heavy (non-hydrogen) atoms. The molecule has 1 aromatic rings. The Morgan fingerprint density at radius 3 is 3.07 bits per heavy atom. The fourth-order valence-electron chi connectivity index (χ4n) is 2.71. The summed E-state index contributed by atoms with van der Waals surface area (Å²) in [5.41, 5.74) is 3.19. The molecule has 1 aromatic carbocycles. The Labute approximate surface area is 88.9 Å². The Balaban J connectivity index is 2.18. The van der Waals surface area contributed by atoms with Crippen molar-refractivity contribution in [3.8, 4) is 0 Å².